The van der Waals surface area contributed by atoms with Crippen LogP contribution >= 0.6 is 0 Å². The summed E-state index contributed by atoms with van der Waals surface area (Å²) < 4.78 is 0. The standard InChI is InChI=1S/C19H17N5O4/c20-15(25)7-8-21-17(26)11-3-1-4-12(9-11)24-18(27)13-5-2-6-14-16(13)19(28)23-10-22-14/h1-6,9-10H,7-8H2,(H2,20,25)(H,21,26)(H,24,27)(H,22,23,28). The van der Waals surface area contributed by atoms with Crippen LogP contribution in [0, 0.1) is 0 Å². The largest absolute Gasteiger partial charge is 0.370 e. The van der Waals surface area contributed by atoms with E-state index in [1.54, 1.807) is 30.3 Å². The zero-order chi connectivity index (χ0) is 20.1. The highest BCUT2D eigenvalue weighted by molar-refractivity contribution is 6.12. The molecule has 3 amide bonds. The molecule has 0 aliphatic carbocycles. The molecular formula is C19H17N5O4. The summed E-state index contributed by atoms with van der Waals surface area (Å²) in [6.45, 7) is 0.122. The molecule has 0 radical (unpaired) electrons. The van der Waals surface area contributed by atoms with Crippen LogP contribution in [0.25, 0.3) is 10.9 Å². The van der Waals surface area contributed by atoms with E-state index in [4.69, 9.17) is 5.73 Å². The molecule has 3 rings (SSSR count). The van der Waals surface area contributed by atoms with E-state index in [-0.39, 0.29) is 23.9 Å². The predicted octanol–water partition coefficient (Wildman–Crippen LogP) is 0.781. The Morgan fingerprint density at radius 2 is 1.86 bits per heavy atom. The van der Waals surface area contributed by atoms with Gasteiger partial charge in [0.2, 0.25) is 5.91 Å². The van der Waals surface area contributed by atoms with E-state index in [2.05, 4.69) is 20.6 Å². The van der Waals surface area contributed by atoms with E-state index >= 15 is 0 Å². The van der Waals surface area contributed by atoms with Crippen molar-refractivity contribution < 1.29 is 14.4 Å². The van der Waals surface area contributed by atoms with Crippen molar-refractivity contribution in [1.82, 2.24) is 15.3 Å². The minimum atomic E-state index is -0.513. The molecule has 5 N–H and O–H groups in total. The monoisotopic (exact) mass is 379 g/mol. The van der Waals surface area contributed by atoms with Gasteiger partial charge in [-0.3, -0.25) is 19.2 Å². The summed E-state index contributed by atoms with van der Waals surface area (Å²) >= 11 is 0. The lowest BCUT2D eigenvalue weighted by molar-refractivity contribution is -0.117. The molecule has 1 aromatic heterocycles. The highest BCUT2D eigenvalue weighted by Gasteiger charge is 2.14. The fraction of sp³-hybridized carbons (Fsp3) is 0.105. The molecule has 2 aromatic carbocycles. The molecule has 28 heavy (non-hydrogen) atoms. The number of anilines is 1. The van der Waals surface area contributed by atoms with Crippen LogP contribution in [-0.2, 0) is 4.79 Å². The second-order valence-corrected chi connectivity index (χ2v) is 5.94. The Labute approximate surface area is 159 Å². The van der Waals surface area contributed by atoms with Gasteiger partial charge in [-0.05, 0) is 30.3 Å². The van der Waals surface area contributed by atoms with Gasteiger partial charge in [0.05, 0.1) is 22.8 Å². The number of nitrogens with zero attached hydrogens (tertiary/aromatic N) is 1. The number of amides is 3. The smallest absolute Gasteiger partial charge is 0.259 e. The Morgan fingerprint density at radius 3 is 2.64 bits per heavy atom. The molecule has 1 heterocycles. The molecular weight excluding hydrogens is 362 g/mol. The molecule has 0 aliphatic heterocycles. The highest BCUT2D eigenvalue weighted by Crippen LogP contribution is 2.16. The predicted molar refractivity (Wildman–Crippen MR) is 103 cm³/mol. The van der Waals surface area contributed by atoms with E-state index in [1.165, 1.54) is 18.5 Å². The molecule has 0 saturated heterocycles. The third kappa shape index (κ3) is 4.21. The van der Waals surface area contributed by atoms with Gasteiger partial charge in [-0.1, -0.05) is 12.1 Å². The summed E-state index contributed by atoms with van der Waals surface area (Å²) in [5.74, 6) is -1.42. The number of hydrogen-bond acceptors (Lipinski definition) is 5. The van der Waals surface area contributed by atoms with Gasteiger partial charge in [0.25, 0.3) is 17.4 Å². The molecule has 0 aliphatic rings. The van der Waals surface area contributed by atoms with Gasteiger partial charge in [-0.2, -0.15) is 0 Å². The van der Waals surface area contributed by atoms with Crippen molar-refractivity contribution in [1.29, 1.82) is 0 Å². The highest BCUT2D eigenvalue weighted by atomic mass is 16.2. The number of aromatic amines is 1. The van der Waals surface area contributed by atoms with Crippen molar-refractivity contribution in [3.63, 3.8) is 0 Å². The number of H-pyrrole nitrogens is 1. The summed E-state index contributed by atoms with van der Waals surface area (Å²) in [5, 5.41) is 5.42. The fourth-order valence-corrected chi connectivity index (χ4v) is 2.65. The van der Waals surface area contributed by atoms with E-state index < -0.39 is 23.3 Å². The summed E-state index contributed by atoms with van der Waals surface area (Å²) in [6, 6.07) is 11.1. The Hall–Kier alpha value is -4.01. The van der Waals surface area contributed by atoms with Crippen molar-refractivity contribution in [2.24, 2.45) is 5.73 Å². The number of primary amides is 1. The number of fused-ring (bicyclic) bond motifs is 1. The lowest BCUT2D eigenvalue weighted by Crippen LogP contribution is -2.28. The fourth-order valence-electron chi connectivity index (χ4n) is 2.65. The third-order valence-corrected chi connectivity index (χ3v) is 3.95. The van der Waals surface area contributed by atoms with Crippen molar-refractivity contribution in [3.8, 4) is 0 Å². The van der Waals surface area contributed by atoms with Crippen molar-refractivity contribution >= 4 is 34.3 Å². The van der Waals surface area contributed by atoms with Crippen LogP contribution in [-0.4, -0.2) is 34.2 Å². The van der Waals surface area contributed by atoms with Crippen LogP contribution < -0.4 is 21.9 Å². The SMILES string of the molecule is NC(=O)CCNC(=O)c1cccc(NC(=O)c2cccc3nc[nH]c(=O)c23)c1. The lowest BCUT2D eigenvalue weighted by atomic mass is 10.1. The molecule has 0 saturated carbocycles. The first kappa shape index (κ1) is 18.8. The maximum Gasteiger partial charge on any atom is 0.259 e. The maximum absolute atomic E-state index is 12.7. The van der Waals surface area contributed by atoms with Gasteiger partial charge in [-0.25, -0.2) is 4.98 Å². The summed E-state index contributed by atoms with van der Waals surface area (Å²) in [4.78, 5) is 54.1. The van der Waals surface area contributed by atoms with Crippen molar-refractivity contribution in [2.45, 2.75) is 6.42 Å². The molecule has 0 spiro atoms. The van der Waals surface area contributed by atoms with Gasteiger partial charge in [0, 0.05) is 24.2 Å². The second kappa shape index (κ2) is 8.12. The number of rotatable bonds is 6. The van der Waals surface area contributed by atoms with Crippen LogP contribution in [0.1, 0.15) is 27.1 Å². The molecule has 0 unspecified atom stereocenters. The molecule has 3 aromatic rings. The first-order chi connectivity index (χ1) is 13.5. The van der Waals surface area contributed by atoms with Gasteiger partial charge >= 0.3 is 0 Å². The Bertz CT molecular complexity index is 1120. The Morgan fingerprint density at radius 1 is 1.07 bits per heavy atom. The number of nitrogens with two attached hydrogens (primary N) is 1. The quantitative estimate of drug-likeness (QED) is 0.500. The molecule has 0 bridgehead atoms. The molecule has 9 heteroatoms. The molecule has 0 fully saturated rings. The Kier molecular flexibility index (Phi) is 5.45. The maximum atomic E-state index is 12.7. The van der Waals surface area contributed by atoms with Gasteiger partial charge < -0.3 is 21.4 Å². The number of nitrogens with one attached hydrogen (secondary N) is 3. The topological polar surface area (TPSA) is 147 Å². The minimum absolute atomic E-state index is 0.0336. The van der Waals surface area contributed by atoms with Crippen LogP contribution in [0.2, 0.25) is 0 Å². The summed E-state index contributed by atoms with van der Waals surface area (Å²) in [7, 11) is 0. The van der Waals surface area contributed by atoms with E-state index in [9.17, 15) is 19.2 Å². The van der Waals surface area contributed by atoms with Gasteiger partial charge in [-0.15, -0.1) is 0 Å². The van der Waals surface area contributed by atoms with Crippen LogP contribution in [0.15, 0.2) is 53.6 Å². The van der Waals surface area contributed by atoms with Crippen LogP contribution in [0.4, 0.5) is 5.69 Å². The number of benzene rings is 2. The second-order valence-electron chi connectivity index (χ2n) is 5.94. The normalized spacial score (nSPS) is 10.4. The number of carbonyl (C=O) groups is 3. The van der Waals surface area contributed by atoms with Crippen LogP contribution in [0.5, 0.6) is 0 Å². The van der Waals surface area contributed by atoms with Gasteiger partial charge in [0.15, 0.2) is 0 Å². The van der Waals surface area contributed by atoms with E-state index in [0.717, 1.165) is 0 Å². The average molecular weight is 379 g/mol. The first-order valence-corrected chi connectivity index (χ1v) is 8.40. The number of hydrogen-bond donors (Lipinski definition) is 4. The van der Waals surface area contributed by atoms with Crippen molar-refractivity contribution in [2.75, 3.05) is 11.9 Å². The Balaban J connectivity index is 1.79. The third-order valence-electron chi connectivity index (χ3n) is 3.95. The average Bonchev–Trinajstić information content (AvgIpc) is 2.67. The summed E-state index contributed by atoms with van der Waals surface area (Å²) in [6.07, 6.45) is 1.30. The number of aromatic nitrogens is 2. The lowest BCUT2D eigenvalue weighted by Gasteiger charge is -2.09. The molecule has 0 atom stereocenters. The molecule has 9 nitrogen and oxygen atoms in total. The van der Waals surface area contributed by atoms with Crippen LogP contribution in [0.3, 0.4) is 0 Å². The minimum Gasteiger partial charge on any atom is -0.370 e. The van der Waals surface area contributed by atoms with Gasteiger partial charge in [0.1, 0.15) is 0 Å². The number of carbonyl (C=O) groups excluding carboxylic acids is 3. The summed E-state index contributed by atoms with van der Waals surface area (Å²) in [5.41, 5.74) is 5.87. The van der Waals surface area contributed by atoms with Crippen molar-refractivity contribution in [3.05, 3.63) is 70.3 Å². The van der Waals surface area contributed by atoms with E-state index in [0.29, 0.717) is 16.8 Å². The molecule has 142 valence electrons. The zero-order valence-corrected chi connectivity index (χ0v) is 14.7. The zero-order valence-electron chi connectivity index (χ0n) is 14.7. The first-order valence-electron chi connectivity index (χ1n) is 8.40. The van der Waals surface area contributed by atoms with E-state index in [1.807, 2.05) is 0 Å².